The Bertz CT molecular complexity index is 334. The van der Waals surface area contributed by atoms with Gasteiger partial charge in [-0.25, -0.2) is 10.4 Å². The largest absolute Gasteiger partial charge is 0.337 e. The van der Waals surface area contributed by atoms with E-state index in [0.717, 1.165) is 11.7 Å². The molecule has 1 saturated carbocycles. The number of aryl methyl sites for hydroxylation is 1. The zero-order chi connectivity index (χ0) is 11.5. The Labute approximate surface area is 97.2 Å². The Hall–Kier alpha value is -0.870. The molecule has 1 aliphatic carbocycles. The average molecular weight is 222 g/mol. The van der Waals surface area contributed by atoms with E-state index in [2.05, 4.69) is 21.9 Å². The third kappa shape index (κ3) is 2.28. The summed E-state index contributed by atoms with van der Waals surface area (Å²) in [7, 11) is 2.03. The van der Waals surface area contributed by atoms with Crippen LogP contribution in [0.25, 0.3) is 0 Å². The van der Waals surface area contributed by atoms with E-state index in [9.17, 15) is 0 Å². The van der Waals surface area contributed by atoms with Gasteiger partial charge in [0.05, 0.1) is 6.04 Å². The van der Waals surface area contributed by atoms with Crippen LogP contribution in [0.5, 0.6) is 0 Å². The molecule has 2 rings (SSSR count). The van der Waals surface area contributed by atoms with Crippen LogP contribution in [0.3, 0.4) is 0 Å². The van der Waals surface area contributed by atoms with Crippen LogP contribution in [0.1, 0.15) is 44.5 Å². The topological polar surface area (TPSA) is 55.9 Å². The number of hydrogen-bond acceptors (Lipinski definition) is 3. The van der Waals surface area contributed by atoms with Gasteiger partial charge in [-0.05, 0) is 24.7 Å². The lowest BCUT2D eigenvalue weighted by atomic mass is 9.78. The van der Waals surface area contributed by atoms with Crippen LogP contribution in [0.2, 0.25) is 0 Å². The Morgan fingerprint density at radius 3 is 2.94 bits per heavy atom. The van der Waals surface area contributed by atoms with Crippen LogP contribution in [0.15, 0.2) is 12.4 Å². The number of nitrogens with one attached hydrogen (secondary N) is 1. The van der Waals surface area contributed by atoms with E-state index in [1.807, 2.05) is 19.4 Å². The van der Waals surface area contributed by atoms with Crippen molar-refractivity contribution < 1.29 is 0 Å². The van der Waals surface area contributed by atoms with Gasteiger partial charge in [0.25, 0.3) is 0 Å². The third-order valence-corrected chi connectivity index (χ3v) is 3.76. The summed E-state index contributed by atoms with van der Waals surface area (Å²) in [5, 5.41) is 0. The lowest BCUT2D eigenvalue weighted by Crippen LogP contribution is -2.37. The maximum atomic E-state index is 5.71. The van der Waals surface area contributed by atoms with E-state index in [4.69, 9.17) is 5.84 Å². The van der Waals surface area contributed by atoms with E-state index in [1.54, 1.807) is 0 Å². The number of nitrogens with zero attached hydrogens (tertiary/aromatic N) is 2. The molecule has 4 heteroatoms. The second kappa shape index (κ2) is 4.97. The normalized spacial score (nSPS) is 27.9. The van der Waals surface area contributed by atoms with Crippen molar-refractivity contribution in [3.05, 3.63) is 18.2 Å². The second-order valence-electron chi connectivity index (χ2n) is 5.07. The van der Waals surface area contributed by atoms with Gasteiger partial charge < -0.3 is 4.57 Å². The van der Waals surface area contributed by atoms with Crippen LogP contribution in [0, 0.1) is 11.8 Å². The minimum absolute atomic E-state index is 0.197. The fourth-order valence-corrected chi connectivity index (χ4v) is 2.88. The lowest BCUT2D eigenvalue weighted by molar-refractivity contribution is 0.217. The van der Waals surface area contributed by atoms with Gasteiger partial charge in [-0.15, -0.1) is 0 Å². The summed E-state index contributed by atoms with van der Waals surface area (Å²) in [5.74, 6) is 8.20. The monoisotopic (exact) mass is 222 g/mol. The first kappa shape index (κ1) is 11.6. The summed E-state index contributed by atoms with van der Waals surface area (Å²) in [4.78, 5) is 4.41. The SMILES string of the molecule is CC1CCCC(C(NN)c2nccn2C)C1. The molecule has 0 aliphatic heterocycles. The van der Waals surface area contributed by atoms with Gasteiger partial charge in [0.1, 0.15) is 5.82 Å². The van der Waals surface area contributed by atoms with Crippen molar-refractivity contribution in [2.45, 2.75) is 38.6 Å². The van der Waals surface area contributed by atoms with Gasteiger partial charge in [0.15, 0.2) is 0 Å². The first-order valence-electron chi connectivity index (χ1n) is 6.15. The fraction of sp³-hybridized carbons (Fsp3) is 0.750. The van der Waals surface area contributed by atoms with Crippen molar-refractivity contribution in [3.63, 3.8) is 0 Å². The minimum Gasteiger partial charge on any atom is -0.337 e. The number of hydrazine groups is 1. The van der Waals surface area contributed by atoms with Gasteiger partial charge in [-0.3, -0.25) is 5.84 Å². The van der Waals surface area contributed by atoms with E-state index in [-0.39, 0.29) is 6.04 Å². The predicted octanol–water partition coefficient (Wildman–Crippen LogP) is 1.75. The van der Waals surface area contributed by atoms with Gasteiger partial charge in [0.2, 0.25) is 0 Å². The first-order chi connectivity index (χ1) is 7.72. The molecule has 16 heavy (non-hydrogen) atoms. The molecule has 90 valence electrons. The maximum absolute atomic E-state index is 5.71. The van der Waals surface area contributed by atoms with E-state index in [0.29, 0.717) is 5.92 Å². The van der Waals surface area contributed by atoms with Gasteiger partial charge in [-0.1, -0.05) is 19.8 Å². The zero-order valence-electron chi connectivity index (χ0n) is 10.2. The number of hydrogen-bond donors (Lipinski definition) is 2. The van der Waals surface area contributed by atoms with Crippen molar-refractivity contribution in [2.24, 2.45) is 24.7 Å². The van der Waals surface area contributed by atoms with E-state index >= 15 is 0 Å². The molecule has 4 nitrogen and oxygen atoms in total. The second-order valence-corrected chi connectivity index (χ2v) is 5.07. The number of aromatic nitrogens is 2. The van der Waals surface area contributed by atoms with Crippen LogP contribution in [-0.4, -0.2) is 9.55 Å². The quantitative estimate of drug-likeness (QED) is 0.605. The van der Waals surface area contributed by atoms with Crippen LogP contribution in [0.4, 0.5) is 0 Å². The molecule has 0 spiro atoms. The molecule has 3 atom stereocenters. The molecule has 3 N–H and O–H groups in total. The Kier molecular flexibility index (Phi) is 3.61. The van der Waals surface area contributed by atoms with Crippen molar-refractivity contribution in [2.75, 3.05) is 0 Å². The van der Waals surface area contributed by atoms with Crippen LogP contribution < -0.4 is 11.3 Å². The Morgan fingerprint density at radius 1 is 1.56 bits per heavy atom. The summed E-state index contributed by atoms with van der Waals surface area (Å²) in [5.41, 5.74) is 2.95. The van der Waals surface area contributed by atoms with Gasteiger partial charge in [-0.2, -0.15) is 0 Å². The predicted molar refractivity (Wildman–Crippen MR) is 64.4 cm³/mol. The van der Waals surface area contributed by atoms with E-state index in [1.165, 1.54) is 25.7 Å². The molecular formula is C12H22N4. The Balaban J connectivity index is 2.13. The molecule has 1 fully saturated rings. The van der Waals surface area contributed by atoms with Gasteiger partial charge >= 0.3 is 0 Å². The first-order valence-corrected chi connectivity index (χ1v) is 6.15. The molecule has 0 saturated heterocycles. The molecule has 0 bridgehead atoms. The molecule has 1 aromatic rings. The van der Waals surface area contributed by atoms with Crippen LogP contribution >= 0.6 is 0 Å². The molecule has 1 aliphatic rings. The fourth-order valence-electron chi connectivity index (χ4n) is 2.88. The Morgan fingerprint density at radius 2 is 2.38 bits per heavy atom. The highest BCUT2D eigenvalue weighted by Crippen LogP contribution is 2.36. The molecule has 0 aromatic carbocycles. The third-order valence-electron chi connectivity index (χ3n) is 3.76. The average Bonchev–Trinajstić information content (AvgIpc) is 2.67. The highest BCUT2D eigenvalue weighted by molar-refractivity contribution is 5.01. The lowest BCUT2D eigenvalue weighted by Gasteiger charge is -2.32. The minimum atomic E-state index is 0.197. The van der Waals surface area contributed by atoms with Crippen LogP contribution in [-0.2, 0) is 7.05 Å². The summed E-state index contributed by atoms with van der Waals surface area (Å²) < 4.78 is 2.06. The van der Waals surface area contributed by atoms with Crippen molar-refractivity contribution >= 4 is 0 Å². The smallest absolute Gasteiger partial charge is 0.127 e. The summed E-state index contributed by atoms with van der Waals surface area (Å²) in [6.45, 7) is 2.33. The maximum Gasteiger partial charge on any atom is 0.127 e. The number of nitrogens with two attached hydrogens (primary N) is 1. The van der Waals surface area contributed by atoms with Crippen molar-refractivity contribution in [1.82, 2.24) is 15.0 Å². The molecular weight excluding hydrogens is 200 g/mol. The summed E-state index contributed by atoms with van der Waals surface area (Å²) in [6, 6.07) is 0.197. The number of rotatable bonds is 3. The van der Waals surface area contributed by atoms with Crippen molar-refractivity contribution in [1.29, 1.82) is 0 Å². The molecule has 0 amide bonds. The van der Waals surface area contributed by atoms with Crippen molar-refractivity contribution in [3.8, 4) is 0 Å². The number of imidazole rings is 1. The molecule has 3 unspecified atom stereocenters. The highest BCUT2D eigenvalue weighted by atomic mass is 15.3. The molecule has 1 aromatic heterocycles. The zero-order valence-corrected chi connectivity index (χ0v) is 10.2. The van der Waals surface area contributed by atoms with E-state index < -0.39 is 0 Å². The summed E-state index contributed by atoms with van der Waals surface area (Å²) >= 11 is 0. The summed E-state index contributed by atoms with van der Waals surface area (Å²) in [6.07, 6.45) is 8.99. The standard InChI is InChI=1S/C12H22N4/c1-9-4-3-5-10(8-9)11(15-13)12-14-6-7-16(12)2/h6-7,9-11,15H,3-5,8,13H2,1-2H3. The molecule has 0 radical (unpaired) electrons. The highest BCUT2D eigenvalue weighted by Gasteiger charge is 2.29. The van der Waals surface area contributed by atoms with Gasteiger partial charge in [0, 0.05) is 19.4 Å². The molecule has 1 heterocycles.